The zero-order valence-corrected chi connectivity index (χ0v) is 14.1. The van der Waals surface area contributed by atoms with Crippen LogP contribution in [0.1, 0.15) is 11.1 Å². The topological polar surface area (TPSA) is 43.4 Å². The van der Waals surface area contributed by atoms with Crippen LogP contribution in [-0.2, 0) is 26.8 Å². The van der Waals surface area contributed by atoms with Gasteiger partial charge in [0.2, 0.25) is 0 Å². The van der Waals surface area contributed by atoms with Gasteiger partial charge in [-0.15, -0.1) is 11.8 Å². The number of hydrogen-bond donors (Lipinski definition) is 0. The van der Waals surface area contributed by atoms with Crippen molar-refractivity contribution in [1.29, 1.82) is 0 Å². The van der Waals surface area contributed by atoms with Crippen LogP contribution in [0.3, 0.4) is 0 Å². The first-order chi connectivity index (χ1) is 11.2. The zero-order chi connectivity index (χ0) is 16.2. The van der Waals surface area contributed by atoms with Crippen molar-refractivity contribution in [1.82, 2.24) is 0 Å². The second kappa shape index (κ2) is 7.15. The molecule has 0 bridgehead atoms. The Labute approximate surface area is 142 Å². The summed E-state index contributed by atoms with van der Waals surface area (Å²) in [7, 11) is -1.13. The van der Waals surface area contributed by atoms with Crippen molar-refractivity contribution in [2.24, 2.45) is 0 Å². The second-order valence-electron chi connectivity index (χ2n) is 5.01. The number of hydrogen-bond acceptors (Lipinski definition) is 4. The van der Waals surface area contributed by atoms with Crippen LogP contribution in [-0.4, -0.2) is 22.5 Å². The highest BCUT2D eigenvalue weighted by atomic mass is 32.2. The van der Waals surface area contributed by atoms with Gasteiger partial charge in [-0.2, -0.15) is 0 Å². The molecule has 0 radical (unpaired) electrons. The molecule has 0 fully saturated rings. The van der Waals surface area contributed by atoms with Gasteiger partial charge in [0.25, 0.3) is 0 Å². The van der Waals surface area contributed by atoms with Gasteiger partial charge in [0, 0.05) is 32.9 Å². The average Bonchev–Trinajstić information content (AvgIpc) is 2.59. The maximum absolute atomic E-state index is 12.7. The average molecular weight is 344 g/mol. The van der Waals surface area contributed by atoms with Crippen LogP contribution in [0.25, 0.3) is 0 Å². The Morgan fingerprint density at radius 3 is 2.83 bits per heavy atom. The lowest BCUT2D eigenvalue weighted by Gasteiger charge is -2.21. The van der Waals surface area contributed by atoms with Crippen LogP contribution in [0, 0.1) is 0 Å². The SMILES string of the molecule is C=CC(=O)OCCSc1cccc2c1Cc1ccccc1S2=O. The van der Waals surface area contributed by atoms with Gasteiger partial charge in [-0.05, 0) is 29.3 Å². The predicted molar refractivity (Wildman–Crippen MR) is 92.2 cm³/mol. The highest BCUT2D eigenvalue weighted by Crippen LogP contribution is 2.36. The lowest BCUT2D eigenvalue weighted by Crippen LogP contribution is -2.10. The molecule has 0 aromatic heterocycles. The summed E-state index contributed by atoms with van der Waals surface area (Å²) in [6.07, 6.45) is 1.95. The molecule has 0 spiro atoms. The summed E-state index contributed by atoms with van der Waals surface area (Å²) in [5.41, 5.74) is 2.23. The summed E-state index contributed by atoms with van der Waals surface area (Å²) in [5.74, 6) is 0.250. The second-order valence-corrected chi connectivity index (χ2v) is 7.56. The number of carbonyl (C=O) groups excluding carboxylic acids is 1. The number of fused-ring (bicyclic) bond motifs is 2. The Morgan fingerprint density at radius 2 is 2.00 bits per heavy atom. The number of rotatable bonds is 5. The van der Waals surface area contributed by atoms with Crippen molar-refractivity contribution in [3.63, 3.8) is 0 Å². The molecular formula is C18H16O3S2. The number of thioether (sulfide) groups is 1. The molecule has 118 valence electrons. The van der Waals surface area contributed by atoms with Crippen LogP contribution in [0.5, 0.6) is 0 Å². The maximum Gasteiger partial charge on any atom is 0.330 e. The van der Waals surface area contributed by atoms with E-state index in [0.717, 1.165) is 38.3 Å². The highest BCUT2D eigenvalue weighted by molar-refractivity contribution is 7.99. The molecule has 3 nitrogen and oxygen atoms in total. The number of ether oxygens (including phenoxy) is 1. The van der Waals surface area contributed by atoms with E-state index < -0.39 is 16.8 Å². The van der Waals surface area contributed by atoms with E-state index in [4.69, 9.17) is 4.74 Å². The first-order valence-corrected chi connectivity index (χ1v) is 9.38. The molecule has 5 heteroatoms. The fourth-order valence-electron chi connectivity index (χ4n) is 2.52. The first kappa shape index (κ1) is 16.0. The zero-order valence-electron chi connectivity index (χ0n) is 12.5. The number of esters is 1. The van der Waals surface area contributed by atoms with E-state index in [0.29, 0.717) is 12.4 Å². The largest absolute Gasteiger partial charge is 0.462 e. The van der Waals surface area contributed by atoms with Crippen molar-refractivity contribution < 1.29 is 13.7 Å². The molecule has 0 amide bonds. The Balaban J connectivity index is 1.78. The van der Waals surface area contributed by atoms with Crippen molar-refractivity contribution in [2.75, 3.05) is 12.4 Å². The van der Waals surface area contributed by atoms with Gasteiger partial charge in [0.1, 0.15) is 6.61 Å². The Bertz CT molecular complexity index is 784. The molecule has 0 saturated heterocycles. The molecular weight excluding hydrogens is 328 g/mol. The van der Waals surface area contributed by atoms with Gasteiger partial charge in [-0.1, -0.05) is 30.8 Å². The smallest absolute Gasteiger partial charge is 0.330 e. The predicted octanol–water partition coefficient (Wildman–Crippen LogP) is 3.58. The molecule has 1 atom stereocenters. The van der Waals surface area contributed by atoms with E-state index in [-0.39, 0.29) is 0 Å². The molecule has 2 aromatic rings. The third kappa shape index (κ3) is 3.41. The molecule has 1 aliphatic rings. The van der Waals surface area contributed by atoms with Gasteiger partial charge in [-0.3, -0.25) is 0 Å². The molecule has 23 heavy (non-hydrogen) atoms. The monoisotopic (exact) mass is 344 g/mol. The normalized spacial score (nSPS) is 15.4. The fraction of sp³-hybridized carbons (Fsp3) is 0.167. The molecule has 2 aromatic carbocycles. The van der Waals surface area contributed by atoms with Crippen molar-refractivity contribution in [3.8, 4) is 0 Å². The summed E-state index contributed by atoms with van der Waals surface area (Å²) < 4.78 is 17.7. The van der Waals surface area contributed by atoms with E-state index in [1.54, 1.807) is 11.8 Å². The van der Waals surface area contributed by atoms with Gasteiger partial charge < -0.3 is 4.74 Å². The molecule has 1 unspecified atom stereocenters. The third-order valence-corrected chi connectivity index (χ3v) is 6.23. The standard InChI is InChI=1S/C18H16O3S2/c1-2-18(19)21-10-11-22-15-7-5-9-17-14(15)12-13-6-3-4-8-16(13)23(17)20/h2-9H,1,10-12H2. The quantitative estimate of drug-likeness (QED) is 0.307. The summed E-state index contributed by atoms with van der Waals surface area (Å²) >= 11 is 1.62. The van der Waals surface area contributed by atoms with Gasteiger partial charge in [0.15, 0.2) is 0 Å². The Morgan fingerprint density at radius 1 is 1.22 bits per heavy atom. The Hall–Kier alpha value is -1.85. The van der Waals surface area contributed by atoms with Crippen molar-refractivity contribution in [3.05, 3.63) is 66.2 Å². The summed E-state index contributed by atoms with van der Waals surface area (Å²) in [6, 6.07) is 13.8. The van der Waals surface area contributed by atoms with Gasteiger partial charge in [-0.25, -0.2) is 9.00 Å². The van der Waals surface area contributed by atoms with Crippen molar-refractivity contribution >= 4 is 28.5 Å². The minimum absolute atomic E-state index is 0.332. The molecule has 1 aliphatic heterocycles. The minimum Gasteiger partial charge on any atom is -0.462 e. The van der Waals surface area contributed by atoms with Crippen LogP contribution in [0.15, 0.2) is 69.8 Å². The minimum atomic E-state index is -1.13. The van der Waals surface area contributed by atoms with E-state index in [9.17, 15) is 9.00 Å². The van der Waals surface area contributed by atoms with E-state index in [2.05, 4.69) is 6.58 Å². The van der Waals surface area contributed by atoms with E-state index >= 15 is 0 Å². The maximum atomic E-state index is 12.7. The van der Waals surface area contributed by atoms with Gasteiger partial charge >= 0.3 is 5.97 Å². The highest BCUT2D eigenvalue weighted by Gasteiger charge is 2.23. The van der Waals surface area contributed by atoms with E-state index in [1.165, 1.54) is 0 Å². The molecule has 1 heterocycles. The van der Waals surface area contributed by atoms with Crippen LogP contribution < -0.4 is 0 Å². The Kier molecular flexibility index (Phi) is 4.98. The molecule has 0 N–H and O–H groups in total. The van der Waals surface area contributed by atoms with Crippen molar-refractivity contribution in [2.45, 2.75) is 21.1 Å². The summed E-state index contributed by atoms with van der Waals surface area (Å²) in [5, 5.41) is 0. The van der Waals surface area contributed by atoms with Crippen LogP contribution in [0.4, 0.5) is 0 Å². The lowest BCUT2D eigenvalue weighted by molar-refractivity contribution is -0.137. The summed E-state index contributed by atoms with van der Waals surface area (Å²) in [6.45, 7) is 3.70. The van der Waals surface area contributed by atoms with E-state index in [1.807, 2.05) is 42.5 Å². The van der Waals surface area contributed by atoms with Gasteiger partial charge in [0.05, 0.1) is 10.8 Å². The van der Waals surface area contributed by atoms with Crippen LogP contribution >= 0.6 is 11.8 Å². The van der Waals surface area contributed by atoms with Crippen LogP contribution in [0.2, 0.25) is 0 Å². The fourth-order valence-corrected chi connectivity index (χ4v) is 4.93. The molecule has 0 aliphatic carbocycles. The third-order valence-electron chi connectivity index (χ3n) is 3.58. The first-order valence-electron chi connectivity index (χ1n) is 7.24. The summed E-state index contributed by atoms with van der Waals surface area (Å²) in [4.78, 5) is 13.9. The molecule has 0 saturated carbocycles. The lowest BCUT2D eigenvalue weighted by atomic mass is 10.0. The number of benzene rings is 2. The number of carbonyl (C=O) groups is 1. The molecule has 3 rings (SSSR count).